The van der Waals surface area contributed by atoms with Crippen LogP contribution in [-0.4, -0.2) is 50.6 Å². The highest BCUT2D eigenvalue weighted by Gasteiger charge is 2.34. The Kier molecular flexibility index (Phi) is 10.1. The molecular weight excluding hydrogens is 456 g/mol. The molecule has 0 saturated carbocycles. The highest BCUT2D eigenvalue weighted by molar-refractivity contribution is 7.92. The lowest BCUT2D eigenvalue weighted by Gasteiger charge is -2.25. The minimum Gasteiger partial charge on any atom is -0.616 e. The van der Waals surface area contributed by atoms with Gasteiger partial charge in [-0.25, -0.2) is 5.48 Å². The highest BCUT2D eigenvalue weighted by Crippen LogP contribution is 2.11. The molecular formula is C24H28N4O5S. The molecule has 0 aromatic heterocycles. The standard InChI is InChI=1S/C24H28N4O5S/c1-4-34(33)16(3)21(24(31)28-32)27-23(30)19-11-7-17(8-12-19)5-6-18-9-13-20(14-10-18)26-22(29)15(2)25/h7-16,21,32H,4,25H2,1-3H3,(H,26,29)(H,27,30)(H,28,31)/t15-,16?,21-,34?/m0/s1. The normalized spacial score (nSPS) is 13.9. The van der Waals surface area contributed by atoms with Gasteiger partial charge in [-0.15, -0.1) is 0 Å². The Balaban J connectivity index is 2.06. The van der Waals surface area contributed by atoms with E-state index in [0.29, 0.717) is 17.0 Å². The molecule has 2 unspecified atom stereocenters. The summed E-state index contributed by atoms with van der Waals surface area (Å²) in [5.41, 5.74) is 9.33. The Labute approximate surface area is 201 Å². The number of anilines is 1. The van der Waals surface area contributed by atoms with E-state index in [9.17, 15) is 18.9 Å². The summed E-state index contributed by atoms with van der Waals surface area (Å²) in [7, 11) is 0. The van der Waals surface area contributed by atoms with E-state index in [2.05, 4.69) is 22.5 Å². The zero-order chi connectivity index (χ0) is 25.3. The summed E-state index contributed by atoms with van der Waals surface area (Å²) < 4.78 is 12.1. The molecule has 2 rings (SSSR count). The Morgan fingerprint density at radius 3 is 2.00 bits per heavy atom. The molecule has 0 spiro atoms. The number of carbonyl (C=O) groups is 3. The number of amides is 3. The van der Waals surface area contributed by atoms with Gasteiger partial charge in [0.25, 0.3) is 11.8 Å². The van der Waals surface area contributed by atoms with Crippen molar-refractivity contribution in [1.82, 2.24) is 10.8 Å². The van der Waals surface area contributed by atoms with Crippen LogP contribution in [-0.2, 0) is 20.8 Å². The van der Waals surface area contributed by atoms with Gasteiger partial charge in [0, 0.05) is 22.4 Å². The number of benzene rings is 2. The molecule has 0 radical (unpaired) electrons. The first kappa shape index (κ1) is 26.9. The second-order valence-electron chi connectivity index (χ2n) is 7.48. The van der Waals surface area contributed by atoms with Crippen LogP contribution >= 0.6 is 0 Å². The van der Waals surface area contributed by atoms with Gasteiger partial charge in [-0.1, -0.05) is 11.8 Å². The number of nitrogens with one attached hydrogen (secondary N) is 3. The summed E-state index contributed by atoms with van der Waals surface area (Å²) in [5, 5.41) is 13.5. The topological polar surface area (TPSA) is 157 Å². The van der Waals surface area contributed by atoms with Crippen molar-refractivity contribution in [2.24, 2.45) is 5.73 Å². The zero-order valence-corrected chi connectivity index (χ0v) is 19.9. The first-order chi connectivity index (χ1) is 16.2. The van der Waals surface area contributed by atoms with Crippen LogP contribution in [0.15, 0.2) is 48.5 Å². The molecule has 9 nitrogen and oxygen atoms in total. The maximum atomic E-state index is 12.6. The fourth-order valence-corrected chi connectivity index (χ4v) is 3.87. The molecule has 34 heavy (non-hydrogen) atoms. The first-order valence-corrected chi connectivity index (χ1v) is 11.9. The predicted molar refractivity (Wildman–Crippen MR) is 130 cm³/mol. The van der Waals surface area contributed by atoms with Crippen molar-refractivity contribution >= 4 is 34.6 Å². The summed E-state index contributed by atoms with van der Waals surface area (Å²) in [4.78, 5) is 36.2. The summed E-state index contributed by atoms with van der Waals surface area (Å²) in [6, 6.07) is 11.7. The van der Waals surface area contributed by atoms with Crippen molar-refractivity contribution in [2.45, 2.75) is 38.1 Å². The minimum atomic E-state index is -1.36. The SMILES string of the molecule is CC[S+]([O-])C(C)[C@H](NC(=O)c1ccc(C#Cc2ccc(NC(=O)[C@H](C)N)cc2)cc1)C(=O)NO. The van der Waals surface area contributed by atoms with Crippen molar-refractivity contribution in [3.8, 4) is 11.8 Å². The van der Waals surface area contributed by atoms with Crippen LogP contribution in [0.25, 0.3) is 0 Å². The fourth-order valence-electron chi connectivity index (χ4n) is 2.85. The molecule has 10 heteroatoms. The quantitative estimate of drug-likeness (QED) is 0.164. The van der Waals surface area contributed by atoms with Crippen molar-refractivity contribution in [1.29, 1.82) is 0 Å². The molecule has 180 valence electrons. The summed E-state index contributed by atoms with van der Waals surface area (Å²) in [6.45, 7) is 4.87. The van der Waals surface area contributed by atoms with Gasteiger partial charge in [-0.3, -0.25) is 19.6 Å². The zero-order valence-electron chi connectivity index (χ0n) is 19.1. The van der Waals surface area contributed by atoms with E-state index in [1.165, 1.54) is 5.48 Å². The summed E-state index contributed by atoms with van der Waals surface area (Å²) in [6.07, 6.45) is 0. The Bertz CT molecular complexity index is 1060. The third-order valence-electron chi connectivity index (χ3n) is 4.91. The fraction of sp³-hybridized carbons (Fsp3) is 0.292. The molecule has 0 aliphatic rings. The number of hydroxylamine groups is 1. The number of nitrogens with two attached hydrogens (primary N) is 1. The van der Waals surface area contributed by atoms with Gasteiger partial charge < -0.3 is 20.9 Å². The van der Waals surface area contributed by atoms with Gasteiger partial charge in [-0.05, 0) is 80.5 Å². The Morgan fingerprint density at radius 2 is 1.53 bits per heavy atom. The van der Waals surface area contributed by atoms with Gasteiger partial charge in [-0.2, -0.15) is 0 Å². The molecule has 3 amide bonds. The maximum absolute atomic E-state index is 12.6. The second kappa shape index (κ2) is 12.8. The minimum absolute atomic E-state index is 0.278. The van der Waals surface area contributed by atoms with Crippen molar-refractivity contribution < 1.29 is 24.1 Å². The summed E-state index contributed by atoms with van der Waals surface area (Å²) in [5.74, 6) is 4.63. The molecule has 6 N–H and O–H groups in total. The van der Waals surface area contributed by atoms with Crippen LogP contribution in [0, 0.1) is 11.8 Å². The second-order valence-corrected chi connectivity index (χ2v) is 9.57. The molecule has 2 aromatic carbocycles. The average molecular weight is 485 g/mol. The van der Waals surface area contributed by atoms with Crippen LogP contribution in [0.4, 0.5) is 5.69 Å². The van der Waals surface area contributed by atoms with E-state index in [1.54, 1.807) is 69.3 Å². The Morgan fingerprint density at radius 1 is 1.00 bits per heavy atom. The highest BCUT2D eigenvalue weighted by atomic mass is 32.2. The third-order valence-corrected chi connectivity index (χ3v) is 6.58. The van der Waals surface area contributed by atoms with E-state index in [0.717, 1.165) is 5.56 Å². The van der Waals surface area contributed by atoms with Gasteiger partial charge in [0.15, 0.2) is 6.04 Å². The van der Waals surface area contributed by atoms with E-state index in [-0.39, 0.29) is 11.5 Å². The molecule has 4 atom stereocenters. The van der Waals surface area contributed by atoms with E-state index in [4.69, 9.17) is 10.9 Å². The average Bonchev–Trinajstić information content (AvgIpc) is 2.85. The molecule has 0 heterocycles. The molecule has 0 aliphatic heterocycles. The van der Waals surface area contributed by atoms with Crippen LogP contribution in [0.3, 0.4) is 0 Å². The van der Waals surface area contributed by atoms with Crippen LogP contribution in [0.2, 0.25) is 0 Å². The lowest BCUT2D eigenvalue weighted by molar-refractivity contribution is -0.131. The first-order valence-electron chi connectivity index (χ1n) is 10.6. The predicted octanol–water partition coefficient (Wildman–Crippen LogP) is 1.13. The van der Waals surface area contributed by atoms with Gasteiger partial charge in [0.2, 0.25) is 5.91 Å². The molecule has 0 saturated heterocycles. The number of rotatable bonds is 8. The number of carbonyl (C=O) groups excluding carboxylic acids is 3. The van der Waals surface area contributed by atoms with Crippen molar-refractivity contribution in [2.75, 3.05) is 11.1 Å². The van der Waals surface area contributed by atoms with E-state index in [1.807, 2.05) is 0 Å². The van der Waals surface area contributed by atoms with Crippen LogP contribution < -0.4 is 21.8 Å². The molecule has 0 aliphatic carbocycles. The monoisotopic (exact) mass is 484 g/mol. The lowest BCUT2D eigenvalue weighted by atomic mass is 10.1. The van der Waals surface area contributed by atoms with Gasteiger partial charge >= 0.3 is 0 Å². The van der Waals surface area contributed by atoms with Crippen molar-refractivity contribution in [3.05, 3.63) is 65.2 Å². The van der Waals surface area contributed by atoms with Crippen LogP contribution in [0.5, 0.6) is 0 Å². The molecule has 2 aromatic rings. The van der Waals surface area contributed by atoms with Gasteiger partial charge in [0.05, 0.1) is 6.04 Å². The molecule has 0 fully saturated rings. The summed E-state index contributed by atoms with van der Waals surface area (Å²) >= 11 is -1.36. The Hall–Kier alpha value is -3.36. The third kappa shape index (κ3) is 7.60. The van der Waals surface area contributed by atoms with Gasteiger partial charge in [0.1, 0.15) is 11.0 Å². The number of hydrogen-bond acceptors (Lipinski definition) is 6. The largest absolute Gasteiger partial charge is 0.616 e. The van der Waals surface area contributed by atoms with Crippen molar-refractivity contribution in [3.63, 3.8) is 0 Å². The van der Waals surface area contributed by atoms with Crippen LogP contribution in [0.1, 0.15) is 42.3 Å². The van der Waals surface area contributed by atoms with E-state index < -0.39 is 40.3 Å². The molecule has 0 bridgehead atoms. The number of hydrogen-bond donors (Lipinski definition) is 5. The maximum Gasteiger partial charge on any atom is 0.271 e. The smallest absolute Gasteiger partial charge is 0.271 e. The lowest BCUT2D eigenvalue weighted by Crippen LogP contribution is -2.54. The van der Waals surface area contributed by atoms with E-state index >= 15 is 0 Å².